The maximum atomic E-state index is 13.4. The molecule has 0 saturated heterocycles. The minimum absolute atomic E-state index is 0.0244. The molecule has 0 spiro atoms. The third-order valence-corrected chi connectivity index (χ3v) is 3.85. The Morgan fingerprint density at radius 2 is 2.06 bits per heavy atom. The summed E-state index contributed by atoms with van der Waals surface area (Å²) in [7, 11) is -3.41. The molecule has 1 atom stereocenters. The van der Waals surface area contributed by atoms with Gasteiger partial charge in [0.05, 0.1) is 11.5 Å². The average molecular weight is 270 g/mol. The number of hydrogen-bond donors (Lipinski definition) is 2. The second kappa shape index (κ2) is 7.44. The molecule has 0 aliphatic rings. The van der Waals surface area contributed by atoms with Gasteiger partial charge in [-0.25, -0.2) is 17.6 Å². The predicted octanol–water partition coefficient (Wildman–Crippen LogP) is 0.436. The maximum absolute atomic E-state index is 13.4. The molecule has 6 nitrogen and oxygen atoms in total. The zero-order valence-corrected chi connectivity index (χ0v) is 10.6. The van der Waals surface area contributed by atoms with Gasteiger partial charge in [0.2, 0.25) is 0 Å². The van der Waals surface area contributed by atoms with E-state index in [9.17, 15) is 17.6 Å². The van der Waals surface area contributed by atoms with E-state index in [2.05, 4.69) is 0 Å². The molecule has 0 aromatic rings. The van der Waals surface area contributed by atoms with Gasteiger partial charge in [-0.05, 0) is 6.42 Å². The summed E-state index contributed by atoms with van der Waals surface area (Å²) in [5.74, 6) is -0.619. The molecule has 0 fully saturated rings. The van der Waals surface area contributed by atoms with E-state index in [1.807, 2.05) is 0 Å². The van der Waals surface area contributed by atoms with Crippen molar-refractivity contribution in [3.8, 4) is 0 Å². The number of sulfone groups is 1. The molecule has 0 aliphatic carbocycles. The van der Waals surface area contributed by atoms with Gasteiger partial charge in [-0.2, -0.15) is 0 Å². The highest BCUT2D eigenvalue weighted by atomic mass is 32.2. The van der Waals surface area contributed by atoms with E-state index in [-0.39, 0.29) is 25.3 Å². The van der Waals surface area contributed by atoms with Crippen molar-refractivity contribution in [2.75, 3.05) is 24.6 Å². The van der Waals surface area contributed by atoms with Crippen LogP contribution < -0.4 is 5.73 Å². The first-order chi connectivity index (χ1) is 7.84. The van der Waals surface area contributed by atoms with Crippen molar-refractivity contribution in [2.24, 2.45) is 5.73 Å². The van der Waals surface area contributed by atoms with E-state index < -0.39 is 28.0 Å². The zero-order valence-electron chi connectivity index (χ0n) is 9.80. The third-order valence-electron chi connectivity index (χ3n) is 2.18. The lowest BCUT2D eigenvalue weighted by Crippen LogP contribution is -2.40. The van der Waals surface area contributed by atoms with Gasteiger partial charge in [0.15, 0.2) is 16.1 Å². The molecule has 1 amide bonds. The summed E-state index contributed by atoms with van der Waals surface area (Å²) < 4.78 is 36.0. The van der Waals surface area contributed by atoms with E-state index in [4.69, 9.17) is 10.8 Å². The molecule has 0 rings (SSSR count). The van der Waals surface area contributed by atoms with Crippen molar-refractivity contribution in [3.63, 3.8) is 0 Å². The van der Waals surface area contributed by atoms with Crippen molar-refractivity contribution in [2.45, 2.75) is 26.1 Å². The van der Waals surface area contributed by atoms with Crippen molar-refractivity contribution < 1.29 is 22.7 Å². The van der Waals surface area contributed by atoms with Gasteiger partial charge in [-0.3, -0.25) is 4.90 Å². The summed E-state index contributed by atoms with van der Waals surface area (Å²) in [5.41, 5.74) is 5.11. The molecule has 0 aromatic carbocycles. The minimum atomic E-state index is -3.41. The first-order valence-electron chi connectivity index (χ1n) is 5.38. The van der Waals surface area contributed by atoms with Crippen molar-refractivity contribution >= 4 is 15.9 Å². The van der Waals surface area contributed by atoms with Gasteiger partial charge in [0, 0.05) is 13.1 Å². The Morgan fingerprint density at radius 1 is 1.47 bits per heavy atom. The van der Waals surface area contributed by atoms with E-state index in [0.717, 1.165) is 0 Å². The largest absolute Gasteiger partial charge is 0.465 e. The van der Waals surface area contributed by atoms with Crippen LogP contribution in [-0.2, 0) is 9.84 Å². The van der Waals surface area contributed by atoms with Crippen LogP contribution in [-0.4, -0.2) is 55.4 Å². The Kier molecular flexibility index (Phi) is 7.05. The van der Waals surface area contributed by atoms with E-state index in [1.165, 1.54) is 0 Å². The fourth-order valence-corrected chi connectivity index (χ4v) is 2.31. The molecule has 0 radical (unpaired) electrons. The summed E-state index contributed by atoms with van der Waals surface area (Å²) in [5, 5.41) is 8.76. The van der Waals surface area contributed by atoms with Gasteiger partial charge in [-0.15, -0.1) is 0 Å². The summed E-state index contributed by atoms with van der Waals surface area (Å²) in [6, 6.07) is 0. The molecule has 17 heavy (non-hydrogen) atoms. The number of carbonyl (C=O) groups is 1. The van der Waals surface area contributed by atoms with Gasteiger partial charge in [0.25, 0.3) is 0 Å². The van der Waals surface area contributed by atoms with Crippen LogP contribution in [0.2, 0.25) is 0 Å². The fraction of sp³-hybridized carbons (Fsp3) is 0.889. The van der Waals surface area contributed by atoms with Crippen molar-refractivity contribution in [3.05, 3.63) is 0 Å². The van der Waals surface area contributed by atoms with Crippen LogP contribution in [0.4, 0.5) is 9.18 Å². The van der Waals surface area contributed by atoms with Crippen LogP contribution >= 0.6 is 0 Å². The number of alkyl halides is 1. The number of amides is 1. The molecule has 0 heterocycles. The summed E-state index contributed by atoms with van der Waals surface area (Å²) in [4.78, 5) is 11.3. The Labute approximate surface area is 101 Å². The number of carboxylic acid groups (broad SMARTS) is 1. The predicted molar refractivity (Wildman–Crippen MR) is 62.2 cm³/mol. The normalized spacial score (nSPS) is 13.4. The average Bonchev–Trinajstić information content (AvgIpc) is 2.17. The molecule has 0 aliphatic heterocycles. The van der Waals surface area contributed by atoms with Gasteiger partial charge >= 0.3 is 6.09 Å². The maximum Gasteiger partial charge on any atom is 0.409 e. The quantitative estimate of drug-likeness (QED) is 0.623. The third kappa shape index (κ3) is 6.42. The number of halogens is 1. The first-order valence-corrected chi connectivity index (χ1v) is 7.20. The molecule has 8 heteroatoms. The molecular formula is C9H19FN2O4S. The number of nitrogens with zero attached hydrogens (tertiary/aromatic N) is 1. The lowest BCUT2D eigenvalue weighted by Gasteiger charge is -2.22. The molecule has 102 valence electrons. The van der Waals surface area contributed by atoms with Gasteiger partial charge in [-0.1, -0.05) is 13.3 Å². The first kappa shape index (κ1) is 16.1. The van der Waals surface area contributed by atoms with Crippen LogP contribution in [0.25, 0.3) is 0 Å². The Bertz CT molecular complexity index is 334. The minimum Gasteiger partial charge on any atom is -0.465 e. The highest BCUT2D eigenvalue weighted by molar-refractivity contribution is 7.91. The lowest BCUT2D eigenvalue weighted by molar-refractivity contribution is 0.0708. The lowest BCUT2D eigenvalue weighted by atomic mass is 10.3. The number of hydrogen-bond acceptors (Lipinski definition) is 4. The molecular weight excluding hydrogens is 251 g/mol. The van der Waals surface area contributed by atoms with Crippen LogP contribution in [0.1, 0.15) is 19.8 Å². The SMILES string of the molecule is CCCC(F)N(CCS(=O)(=O)CCN)C(=O)O. The van der Waals surface area contributed by atoms with E-state index in [0.29, 0.717) is 11.3 Å². The molecule has 0 saturated carbocycles. The Hall–Kier alpha value is -0.890. The van der Waals surface area contributed by atoms with Crippen LogP contribution in [0.3, 0.4) is 0 Å². The summed E-state index contributed by atoms with van der Waals surface area (Å²) in [6.07, 6.45) is -2.57. The Morgan fingerprint density at radius 3 is 2.47 bits per heavy atom. The molecule has 0 bridgehead atoms. The Balaban J connectivity index is 4.42. The zero-order chi connectivity index (χ0) is 13.5. The second-order valence-corrected chi connectivity index (χ2v) is 5.94. The smallest absolute Gasteiger partial charge is 0.409 e. The van der Waals surface area contributed by atoms with E-state index >= 15 is 0 Å². The highest BCUT2D eigenvalue weighted by Gasteiger charge is 2.23. The summed E-state index contributed by atoms with van der Waals surface area (Å²) >= 11 is 0. The standard InChI is InChI=1S/C9H19FN2O4S/c1-2-3-8(10)12(9(13)14)5-7-17(15,16)6-4-11/h8H,2-7,11H2,1H3,(H,13,14). The number of rotatable bonds is 8. The van der Waals surface area contributed by atoms with Crippen LogP contribution in [0, 0.1) is 0 Å². The van der Waals surface area contributed by atoms with Crippen molar-refractivity contribution in [1.82, 2.24) is 4.90 Å². The highest BCUT2D eigenvalue weighted by Crippen LogP contribution is 2.09. The number of nitrogens with two attached hydrogens (primary N) is 1. The van der Waals surface area contributed by atoms with Crippen LogP contribution in [0.15, 0.2) is 0 Å². The monoisotopic (exact) mass is 270 g/mol. The molecule has 0 aromatic heterocycles. The van der Waals surface area contributed by atoms with Crippen molar-refractivity contribution in [1.29, 1.82) is 0 Å². The second-order valence-electron chi connectivity index (χ2n) is 3.64. The molecule has 3 N–H and O–H groups in total. The van der Waals surface area contributed by atoms with Gasteiger partial charge in [0.1, 0.15) is 0 Å². The molecule has 1 unspecified atom stereocenters. The van der Waals surface area contributed by atoms with Gasteiger partial charge < -0.3 is 10.8 Å². The summed E-state index contributed by atoms with van der Waals surface area (Å²) in [6.45, 7) is 1.33. The van der Waals surface area contributed by atoms with Crippen LogP contribution in [0.5, 0.6) is 0 Å². The topological polar surface area (TPSA) is 101 Å². The van der Waals surface area contributed by atoms with E-state index in [1.54, 1.807) is 6.92 Å². The fourth-order valence-electron chi connectivity index (χ4n) is 1.27.